The molecule has 100 valence electrons. The molecule has 0 aromatic carbocycles. The Bertz CT molecular complexity index is 391. The van der Waals surface area contributed by atoms with Crippen LogP contribution in [0.15, 0.2) is 18.5 Å². The highest BCUT2D eigenvalue weighted by Crippen LogP contribution is 2.36. The molecule has 0 saturated heterocycles. The van der Waals surface area contributed by atoms with Gasteiger partial charge >= 0.3 is 0 Å². The van der Waals surface area contributed by atoms with Crippen LogP contribution in [0.5, 0.6) is 0 Å². The van der Waals surface area contributed by atoms with Crippen molar-refractivity contribution in [2.24, 2.45) is 5.73 Å². The maximum atomic E-state index is 6.40. The highest BCUT2D eigenvalue weighted by Gasteiger charge is 2.40. The number of halogens is 1. The van der Waals surface area contributed by atoms with Crippen LogP contribution in [0.3, 0.4) is 0 Å². The van der Waals surface area contributed by atoms with Gasteiger partial charge in [0, 0.05) is 25.0 Å². The van der Waals surface area contributed by atoms with E-state index in [4.69, 9.17) is 22.1 Å². The number of aromatic nitrogens is 1. The molecular weight excluding hydrogens is 248 g/mol. The molecule has 1 unspecified atom stereocenters. The standard InChI is InChI=1S/C14H21ClN2O/c1-2-18-14(6-3-4-7-14)13(16)9-11-5-8-17-10-12(11)15/h5,8,10,13H,2-4,6-7,9,16H2,1H3. The summed E-state index contributed by atoms with van der Waals surface area (Å²) in [6.07, 6.45) is 8.72. The van der Waals surface area contributed by atoms with Crippen LogP contribution in [0.1, 0.15) is 38.2 Å². The summed E-state index contributed by atoms with van der Waals surface area (Å²) >= 11 is 6.14. The molecule has 1 fully saturated rings. The molecule has 1 atom stereocenters. The maximum absolute atomic E-state index is 6.40. The molecule has 4 heteroatoms. The quantitative estimate of drug-likeness (QED) is 0.893. The van der Waals surface area contributed by atoms with Crippen molar-refractivity contribution in [3.8, 4) is 0 Å². The molecule has 0 aliphatic heterocycles. The van der Waals surface area contributed by atoms with Crippen LogP contribution in [-0.2, 0) is 11.2 Å². The Morgan fingerprint density at radius 2 is 2.22 bits per heavy atom. The van der Waals surface area contributed by atoms with Crippen molar-refractivity contribution in [1.29, 1.82) is 0 Å². The fourth-order valence-electron chi connectivity index (χ4n) is 2.88. The van der Waals surface area contributed by atoms with Crippen LogP contribution in [0, 0.1) is 0 Å². The van der Waals surface area contributed by atoms with Crippen molar-refractivity contribution in [3.63, 3.8) is 0 Å². The van der Waals surface area contributed by atoms with Crippen LogP contribution >= 0.6 is 11.6 Å². The summed E-state index contributed by atoms with van der Waals surface area (Å²) in [6.45, 7) is 2.75. The molecule has 18 heavy (non-hydrogen) atoms. The number of nitrogens with zero attached hydrogens (tertiary/aromatic N) is 1. The zero-order valence-corrected chi connectivity index (χ0v) is 11.6. The van der Waals surface area contributed by atoms with E-state index < -0.39 is 0 Å². The lowest BCUT2D eigenvalue weighted by Crippen LogP contribution is -2.49. The summed E-state index contributed by atoms with van der Waals surface area (Å²) in [5, 5.41) is 0.692. The SMILES string of the molecule is CCOC1(C(N)Cc2ccncc2Cl)CCCC1. The molecule has 0 bridgehead atoms. The highest BCUT2D eigenvalue weighted by molar-refractivity contribution is 6.31. The van der Waals surface area contributed by atoms with E-state index in [1.54, 1.807) is 12.4 Å². The zero-order valence-electron chi connectivity index (χ0n) is 10.9. The van der Waals surface area contributed by atoms with E-state index in [-0.39, 0.29) is 11.6 Å². The first-order valence-electron chi connectivity index (χ1n) is 6.66. The molecule has 2 rings (SSSR count). The van der Waals surface area contributed by atoms with Crippen LogP contribution in [0.25, 0.3) is 0 Å². The minimum atomic E-state index is -0.151. The normalized spacial score (nSPS) is 19.9. The molecule has 1 aliphatic rings. The van der Waals surface area contributed by atoms with E-state index in [0.717, 1.165) is 31.4 Å². The van der Waals surface area contributed by atoms with Crippen LogP contribution in [0.4, 0.5) is 0 Å². The third-order valence-electron chi connectivity index (χ3n) is 3.85. The molecule has 0 amide bonds. The van der Waals surface area contributed by atoms with Crippen molar-refractivity contribution in [2.75, 3.05) is 6.61 Å². The van der Waals surface area contributed by atoms with Crippen molar-refractivity contribution in [2.45, 2.75) is 50.7 Å². The van der Waals surface area contributed by atoms with E-state index in [1.165, 1.54) is 12.8 Å². The van der Waals surface area contributed by atoms with Crippen LogP contribution < -0.4 is 5.73 Å². The second kappa shape index (κ2) is 6.00. The Labute approximate surface area is 114 Å². The van der Waals surface area contributed by atoms with E-state index >= 15 is 0 Å². The molecule has 0 radical (unpaired) electrons. The van der Waals surface area contributed by atoms with Gasteiger partial charge in [-0.15, -0.1) is 0 Å². The third kappa shape index (κ3) is 2.85. The van der Waals surface area contributed by atoms with Gasteiger partial charge < -0.3 is 10.5 Å². The second-order valence-electron chi connectivity index (χ2n) is 4.98. The van der Waals surface area contributed by atoms with Crippen molar-refractivity contribution in [3.05, 3.63) is 29.0 Å². The first-order valence-corrected chi connectivity index (χ1v) is 7.03. The molecular formula is C14H21ClN2O. The lowest BCUT2D eigenvalue weighted by molar-refractivity contribution is -0.0524. The van der Waals surface area contributed by atoms with Gasteiger partial charge in [0.15, 0.2) is 0 Å². The average Bonchev–Trinajstić information content (AvgIpc) is 2.82. The Kier molecular flexibility index (Phi) is 4.60. The van der Waals surface area contributed by atoms with Gasteiger partial charge in [-0.1, -0.05) is 24.4 Å². The van der Waals surface area contributed by atoms with Crippen molar-refractivity contribution < 1.29 is 4.74 Å². The number of hydrogen-bond donors (Lipinski definition) is 1. The highest BCUT2D eigenvalue weighted by atomic mass is 35.5. The third-order valence-corrected chi connectivity index (χ3v) is 4.19. The molecule has 1 saturated carbocycles. The topological polar surface area (TPSA) is 48.1 Å². The predicted octanol–water partition coefficient (Wildman–Crippen LogP) is 2.95. The molecule has 1 aliphatic carbocycles. The number of rotatable bonds is 5. The van der Waals surface area contributed by atoms with Gasteiger partial charge in [-0.25, -0.2) is 0 Å². The smallest absolute Gasteiger partial charge is 0.0835 e. The number of ether oxygens (including phenoxy) is 1. The Balaban J connectivity index is 2.10. The number of pyridine rings is 1. The summed E-state index contributed by atoms with van der Waals surface area (Å²) < 4.78 is 5.98. The first-order chi connectivity index (χ1) is 8.68. The molecule has 1 aromatic rings. The summed E-state index contributed by atoms with van der Waals surface area (Å²) in [7, 11) is 0. The van der Waals surface area contributed by atoms with E-state index in [9.17, 15) is 0 Å². The molecule has 2 N–H and O–H groups in total. The lowest BCUT2D eigenvalue weighted by atomic mass is 9.88. The minimum Gasteiger partial charge on any atom is -0.374 e. The number of nitrogens with two attached hydrogens (primary N) is 1. The van der Waals surface area contributed by atoms with Gasteiger partial charge in [0.1, 0.15) is 0 Å². The van der Waals surface area contributed by atoms with E-state index in [2.05, 4.69) is 4.98 Å². The summed E-state index contributed by atoms with van der Waals surface area (Å²) in [5.41, 5.74) is 7.31. The molecule has 0 spiro atoms. The number of hydrogen-bond acceptors (Lipinski definition) is 3. The van der Waals surface area contributed by atoms with Crippen molar-refractivity contribution >= 4 is 11.6 Å². The summed E-state index contributed by atoms with van der Waals surface area (Å²) in [4.78, 5) is 4.00. The second-order valence-corrected chi connectivity index (χ2v) is 5.39. The fourth-order valence-corrected chi connectivity index (χ4v) is 3.07. The molecule has 3 nitrogen and oxygen atoms in total. The summed E-state index contributed by atoms with van der Waals surface area (Å²) in [6, 6.07) is 1.94. The minimum absolute atomic E-state index is 0.000139. The van der Waals surface area contributed by atoms with Crippen LogP contribution in [0.2, 0.25) is 5.02 Å². The van der Waals surface area contributed by atoms with E-state index in [0.29, 0.717) is 5.02 Å². The monoisotopic (exact) mass is 268 g/mol. The zero-order chi connectivity index (χ0) is 13.0. The average molecular weight is 269 g/mol. The first kappa shape index (κ1) is 13.8. The molecule has 1 heterocycles. The maximum Gasteiger partial charge on any atom is 0.0835 e. The van der Waals surface area contributed by atoms with E-state index in [1.807, 2.05) is 13.0 Å². The molecule has 1 aromatic heterocycles. The fraction of sp³-hybridized carbons (Fsp3) is 0.643. The predicted molar refractivity (Wildman–Crippen MR) is 73.8 cm³/mol. The Morgan fingerprint density at radius 3 is 2.83 bits per heavy atom. The van der Waals surface area contributed by atoms with Gasteiger partial charge in [0.25, 0.3) is 0 Å². The van der Waals surface area contributed by atoms with Gasteiger partial charge in [-0.05, 0) is 37.8 Å². The van der Waals surface area contributed by atoms with Crippen molar-refractivity contribution in [1.82, 2.24) is 4.98 Å². The van der Waals surface area contributed by atoms with Gasteiger partial charge in [-0.3, -0.25) is 4.98 Å². The lowest BCUT2D eigenvalue weighted by Gasteiger charge is -2.35. The Hall–Kier alpha value is -0.640. The van der Waals surface area contributed by atoms with Gasteiger partial charge in [0.05, 0.1) is 10.6 Å². The van der Waals surface area contributed by atoms with Gasteiger partial charge in [0.2, 0.25) is 0 Å². The summed E-state index contributed by atoms with van der Waals surface area (Å²) in [5.74, 6) is 0. The van der Waals surface area contributed by atoms with Crippen LogP contribution in [-0.4, -0.2) is 23.2 Å². The van der Waals surface area contributed by atoms with Gasteiger partial charge in [-0.2, -0.15) is 0 Å². The Morgan fingerprint density at radius 1 is 1.50 bits per heavy atom. The largest absolute Gasteiger partial charge is 0.374 e.